The largest absolute Gasteiger partial charge is 0.391 e. The van der Waals surface area contributed by atoms with E-state index in [-0.39, 0.29) is 22.7 Å². The molecule has 0 aliphatic carbocycles. The third-order valence-electron chi connectivity index (χ3n) is 2.73. The molecule has 1 aliphatic rings. The molecule has 104 valence electrons. The van der Waals surface area contributed by atoms with Crippen LogP contribution < -0.4 is 5.32 Å². The van der Waals surface area contributed by atoms with Gasteiger partial charge >= 0.3 is 0 Å². The zero-order valence-corrected chi connectivity index (χ0v) is 12.0. The van der Waals surface area contributed by atoms with E-state index in [4.69, 9.17) is 0 Å². The number of nitrogens with one attached hydrogen (secondary N) is 1. The Labute approximate surface area is 116 Å². The average molecular weight is 301 g/mol. The number of sulfone groups is 1. The number of benzene rings is 1. The van der Waals surface area contributed by atoms with Crippen LogP contribution in [0.2, 0.25) is 0 Å². The molecule has 1 saturated heterocycles. The summed E-state index contributed by atoms with van der Waals surface area (Å²) in [6.45, 7) is 1.43. The van der Waals surface area contributed by atoms with Crippen molar-refractivity contribution >= 4 is 33.2 Å². The molecule has 1 aliphatic heterocycles. The number of thioether (sulfide) groups is 1. The number of anilines is 1. The second-order valence-corrected chi connectivity index (χ2v) is 7.97. The summed E-state index contributed by atoms with van der Waals surface area (Å²) in [5, 5.41) is 12.0. The molecule has 5 nitrogen and oxygen atoms in total. The Morgan fingerprint density at radius 3 is 2.42 bits per heavy atom. The van der Waals surface area contributed by atoms with Gasteiger partial charge in [0.15, 0.2) is 9.84 Å². The van der Waals surface area contributed by atoms with Crippen LogP contribution in [0.5, 0.6) is 0 Å². The minimum atomic E-state index is -3.12. The van der Waals surface area contributed by atoms with Crippen molar-refractivity contribution in [3.63, 3.8) is 0 Å². The van der Waals surface area contributed by atoms with Crippen molar-refractivity contribution in [2.24, 2.45) is 0 Å². The average Bonchev–Trinajstić information content (AvgIpc) is 2.54. The van der Waals surface area contributed by atoms with E-state index in [0.29, 0.717) is 5.69 Å². The van der Waals surface area contributed by atoms with Gasteiger partial charge < -0.3 is 10.4 Å². The van der Waals surface area contributed by atoms with Gasteiger partial charge in [-0.15, -0.1) is 11.8 Å². The smallest absolute Gasteiger partial charge is 0.221 e. The lowest BCUT2D eigenvalue weighted by atomic mass is 10.3. The predicted molar refractivity (Wildman–Crippen MR) is 75.1 cm³/mol. The van der Waals surface area contributed by atoms with Crippen LogP contribution in [-0.4, -0.2) is 42.3 Å². The maximum Gasteiger partial charge on any atom is 0.221 e. The van der Waals surface area contributed by atoms with Gasteiger partial charge in [0.05, 0.1) is 22.9 Å². The Bertz CT molecular complexity index is 568. The highest BCUT2D eigenvalue weighted by Gasteiger charge is 2.36. The van der Waals surface area contributed by atoms with Gasteiger partial charge in [0, 0.05) is 17.5 Å². The SMILES string of the molecule is CC(=O)Nc1ccc(SC2CS(=O)(=O)CC2O)cc1. The zero-order chi connectivity index (χ0) is 14.0. The molecule has 1 heterocycles. The van der Waals surface area contributed by atoms with Crippen molar-refractivity contribution in [2.45, 2.75) is 23.2 Å². The third kappa shape index (κ3) is 3.95. The molecule has 19 heavy (non-hydrogen) atoms. The first kappa shape index (κ1) is 14.4. The van der Waals surface area contributed by atoms with Gasteiger partial charge in [-0.1, -0.05) is 0 Å². The lowest BCUT2D eigenvalue weighted by Gasteiger charge is -2.12. The van der Waals surface area contributed by atoms with E-state index in [1.165, 1.54) is 18.7 Å². The Kier molecular flexibility index (Phi) is 4.17. The molecule has 1 aromatic carbocycles. The lowest BCUT2D eigenvalue weighted by molar-refractivity contribution is -0.114. The van der Waals surface area contributed by atoms with Crippen LogP contribution in [0.1, 0.15) is 6.92 Å². The first-order chi connectivity index (χ1) is 8.85. The molecular formula is C12H15NO4S2. The summed E-state index contributed by atoms with van der Waals surface area (Å²) in [5.41, 5.74) is 0.691. The second kappa shape index (κ2) is 5.52. The molecule has 7 heteroatoms. The summed E-state index contributed by atoms with van der Waals surface area (Å²) in [6, 6.07) is 7.10. The Morgan fingerprint density at radius 2 is 1.95 bits per heavy atom. The maximum absolute atomic E-state index is 11.4. The fourth-order valence-electron chi connectivity index (χ4n) is 1.90. The summed E-state index contributed by atoms with van der Waals surface area (Å²) >= 11 is 1.35. The van der Waals surface area contributed by atoms with Crippen molar-refractivity contribution < 1.29 is 18.3 Å². The minimum absolute atomic E-state index is 0.00623. The van der Waals surface area contributed by atoms with Gasteiger partial charge in [-0.3, -0.25) is 4.79 Å². The minimum Gasteiger partial charge on any atom is -0.391 e. The van der Waals surface area contributed by atoms with Gasteiger partial charge in [-0.2, -0.15) is 0 Å². The van der Waals surface area contributed by atoms with Crippen LogP contribution in [0.3, 0.4) is 0 Å². The lowest BCUT2D eigenvalue weighted by Crippen LogP contribution is -2.19. The Hall–Kier alpha value is -1.05. The number of carbonyl (C=O) groups is 1. The summed E-state index contributed by atoms with van der Waals surface area (Å²) in [7, 11) is -3.12. The predicted octanol–water partition coefficient (Wildman–Crippen LogP) is 0.895. The molecule has 0 spiro atoms. The number of amides is 1. The number of aliphatic hydroxyl groups excluding tert-OH is 1. The Balaban J connectivity index is 2.02. The van der Waals surface area contributed by atoms with E-state index in [0.717, 1.165) is 4.90 Å². The van der Waals surface area contributed by atoms with Crippen LogP contribution in [0, 0.1) is 0 Å². The Morgan fingerprint density at radius 1 is 1.32 bits per heavy atom. The first-order valence-corrected chi connectivity index (χ1v) is 8.49. The maximum atomic E-state index is 11.4. The standard InChI is InChI=1S/C12H15NO4S2/c1-8(14)13-9-2-4-10(5-3-9)18-12-7-19(16,17)6-11(12)15/h2-5,11-12,15H,6-7H2,1H3,(H,13,14). The number of hydrogen-bond donors (Lipinski definition) is 2. The summed E-state index contributed by atoms with van der Waals surface area (Å²) in [4.78, 5) is 11.7. The highest BCUT2D eigenvalue weighted by atomic mass is 32.2. The number of hydrogen-bond acceptors (Lipinski definition) is 5. The van der Waals surface area contributed by atoms with E-state index in [1.54, 1.807) is 24.3 Å². The summed E-state index contributed by atoms with van der Waals surface area (Å²) in [6.07, 6.45) is -0.815. The van der Waals surface area contributed by atoms with Crippen LogP contribution in [0.25, 0.3) is 0 Å². The van der Waals surface area contributed by atoms with Crippen molar-refractivity contribution in [1.29, 1.82) is 0 Å². The normalized spacial score (nSPS) is 25.2. The van der Waals surface area contributed by atoms with Crippen LogP contribution >= 0.6 is 11.8 Å². The van der Waals surface area contributed by atoms with Crippen LogP contribution in [0.4, 0.5) is 5.69 Å². The van der Waals surface area contributed by atoms with E-state index >= 15 is 0 Å². The number of rotatable bonds is 3. The van der Waals surface area contributed by atoms with E-state index < -0.39 is 15.9 Å². The van der Waals surface area contributed by atoms with Gasteiger partial charge in [-0.25, -0.2) is 8.42 Å². The van der Waals surface area contributed by atoms with E-state index in [2.05, 4.69) is 5.32 Å². The quantitative estimate of drug-likeness (QED) is 0.866. The van der Waals surface area contributed by atoms with Crippen molar-refractivity contribution in [3.8, 4) is 0 Å². The second-order valence-electron chi connectivity index (χ2n) is 4.51. The molecule has 1 aromatic rings. The molecule has 0 bridgehead atoms. The van der Waals surface area contributed by atoms with E-state index in [1.807, 2.05) is 0 Å². The van der Waals surface area contributed by atoms with Gasteiger partial charge in [0.25, 0.3) is 0 Å². The van der Waals surface area contributed by atoms with Crippen LogP contribution in [-0.2, 0) is 14.6 Å². The third-order valence-corrected chi connectivity index (χ3v) is 5.99. The van der Waals surface area contributed by atoms with Gasteiger partial charge in [0.1, 0.15) is 0 Å². The summed E-state index contributed by atoms with van der Waals surface area (Å²) in [5.74, 6) is -0.293. The zero-order valence-electron chi connectivity index (χ0n) is 10.4. The molecule has 1 fully saturated rings. The topological polar surface area (TPSA) is 83.5 Å². The highest BCUT2D eigenvalue weighted by Crippen LogP contribution is 2.31. The van der Waals surface area contributed by atoms with Gasteiger partial charge in [0.2, 0.25) is 5.91 Å². The highest BCUT2D eigenvalue weighted by molar-refractivity contribution is 8.02. The fourth-order valence-corrected chi connectivity index (χ4v) is 5.43. The monoisotopic (exact) mass is 301 g/mol. The molecule has 2 rings (SSSR count). The molecule has 2 atom stereocenters. The molecule has 2 unspecified atom stereocenters. The molecule has 0 radical (unpaired) electrons. The number of aliphatic hydroxyl groups is 1. The van der Waals surface area contributed by atoms with Gasteiger partial charge in [-0.05, 0) is 24.3 Å². The molecule has 2 N–H and O–H groups in total. The van der Waals surface area contributed by atoms with Crippen molar-refractivity contribution in [2.75, 3.05) is 16.8 Å². The van der Waals surface area contributed by atoms with Crippen molar-refractivity contribution in [3.05, 3.63) is 24.3 Å². The fraction of sp³-hybridized carbons (Fsp3) is 0.417. The van der Waals surface area contributed by atoms with Crippen LogP contribution in [0.15, 0.2) is 29.2 Å². The van der Waals surface area contributed by atoms with E-state index in [9.17, 15) is 18.3 Å². The molecule has 1 amide bonds. The molecular weight excluding hydrogens is 286 g/mol. The number of carbonyl (C=O) groups excluding carboxylic acids is 1. The van der Waals surface area contributed by atoms with Crippen molar-refractivity contribution in [1.82, 2.24) is 0 Å². The summed E-state index contributed by atoms with van der Waals surface area (Å²) < 4.78 is 22.8. The molecule has 0 aromatic heterocycles. The first-order valence-electron chi connectivity index (χ1n) is 5.78. The molecule has 0 saturated carbocycles.